The van der Waals surface area contributed by atoms with Crippen LogP contribution in [-0.4, -0.2) is 30.2 Å². The number of aromatic nitrogens is 2. The first-order valence-electron chi connectivity index (χ1n) is 9.07. The van der Waals surface area contributed by atoms with Crippen LogP contribution in [0.2, 0.25) is 0 Å². The Labute approximate surface area is 184 Å². The SMILES string of the molecule is CS(=O)(=O)c1ccc(NC2CC(c3cccc(C(F)(F)F)c3)=Nc3c(Br)cnn32)cc1. The summed E-state index contributed by atoms with van der Waals surface area (Å²) in [6.45, 7) is 0. The molecule has 11 heteroatoms. The molecule has 0 bridgehead atoms. The van der Waals surface area contributed by atoms with Gasteiger partial charge in [0.15, 0.2) is 15.7 Å². The molecule has 3 aromatic rings. The third-order valence-corrected chi connectivity index (χ3v) is 6.48. The summed E-state index contributed by atoms with van der Waals surface area (Å²) in [6, 6.07) is 11.3. The van der Waals surface area contributed by atoms with Crippen molar-refractivity contribution in [1.29, 1.82) is 0 Å². The van der Waals surface area contributed by atoms with E-state index in [4.69, 9.17) is 0 Å². The van der Waals surface area contributed by atoms with Crippen LogP contribution in [0.1, 0.15) is 23.7 Å². The van der Waals surface area contributed by atoms with E-state index in [-0.39, 0.29) is 11.3 Å². The summed E-state index contributed by atoms with van der Waals surface area (Å²) < 4.78 is 65.0. The van der Waals surface area contributed by atoms with Crippen LogP contribution < -0.4 is 5.32 Å². The number of nitrogens with zero attached hydrogens (tertiary/aromatic N) is 3. The number of rotatable bonds is 4. The molecule has 162 valence electrons. The molecule has 0 spiro atoms. The molecule has 0 fully saturated rings. The van der Waals surface area contributed by atoms with Crippen LogP contribution in [0, 0.1) is 0 Å². The molecule has 0 aliphatic carbocycles. The highest BCUT2D eigenvalue weighted by atomic mass is 79.9. The van der Waals surface area contributed by atoms with Crippen LogP contribution in [0.4, 0.5) is 24.7 Å². The van der Waals surface area contributed by atoms with Crippen molar-refractivity contribution in [3.63, 3.8) is 0 Å². The zero-order chi connectivity index (χ0) is 22.4. The van der Waals surface area contributed by atoms with Crippen LogP contribution in [0.25, 0.3) is 0 Å². The van der Waals surface area contributed by atoms with Gasteiger partial charge in [-0.05, 0) is 57.9 Å². The van der Waals surface area contributed by atoms with Crippen molar-refractivity contribution < 1.29 is 21.6 Å². The minimum atomic E-state index is -4.45. The van der Waals surface area contributed by atoms with Crippen molar-refractivity contribution in [2.24, 2.45) is 4.99 Å². The number of halogens is 4. The van der Waals surface area contributed by atoms with E-state index in [1.165, 1.54) is 18.2 Å². The zero-order valence-electron chi connectivity index (χ0n) is 16.1. The van der Waals surface area contributed by atoms with Gasteiger partial charge >= 0.3 is 6.18 Å². The van der Waals surface area contributed by atoms with E-state index in [2.05, 4.69) is 31.3 Å². The average molecular weight is 513 g/mol. The molecule has 1 aliphatic heterocycles. The van der Waals surface area contributed by atoms with Crippen molar-refractivity contribution in [1.82, 2.24) is 9.78 Å². The predicted octanol–water partition coefficient (Wildman–Crippen LogP) is 5.20. The maximum absolute atomic E-state index is 13.2. The summed E-state index contributed by atoms with van der Waals surface area (Å²) in [5, 5.41) is 7.56. The molecular weight excluding hydrogens is 497 g/mol. The Morgan fingerprint density at radius 2 is 1.87 bits per heavy atom. The Morgan fingerprint density at radius 1 is 1.16 bits per heavy atom. The van der Waals surface area contributed by atoms with Crippen molar-refractivity contribution >= 4 is 43.0 Å². The molecule has 1 N–H and O–H groups in total. The third kappa shape index (κ3) is 4.52. The molecule has 1 atom stereocenters. The summed E-state index contributed by atoms with van der Waals surface area (Å²) in [5.74, 6) is 0.476. The average Bonchev–Trinajstić information content (AvgIpc) is 3.08. The largest absolute Gasteiger partial charge is 0.416 e. The van der Waals surface area contributed by atoms with Gasteiger partial charge in [0.05, 0.1) is 26.8 Å². The molecule has 1 aliphatic rings. The standard InChI is InChI=1S/C20H16BrF3N4O2S/c1-31(29,30)15-7-5-14(6-8-15)26-18-10-17(27-19-16(21)11-25-28(18)19)12-3-2-4-13(9-12)20(22,23)24/h2-9,11,18,26H,10H2,1H3. The van der Waals surface area contributed by atoms with Crippen LogP contribution in [0.15, 0.2) is 69.1 Å². The quantitative estimate of drug-likeness (QED) is 0.520. The molecule has 1 aromatic heterocycles. The van der Waals surface area contributed by atoms with E-state index in [0.29, 0.717) is 27.3 Å². The van der Waals surface area contributed by atoms with Gasteiger partial charge in [-0.25, -0.2) is 18.1 Å². The summed E-state index contributed by atoms with van der Waals surface area (Å²) >= 11 is 3.38. The van der Waals surface area contributed by atoms with Crippen LogP contribution in [0.5, 0.6) is 0 Å². The highest BCUT2D eigenvalue weighted by Gasteiger charge is 2.32. The van der Waals surface area contributed by atoms with Gasteiger partial charge in [0.1, 0.15) is 6.17 Å². The van der Waals surface area contributed by atoms with Gasteiger partial charge in [-0.3, -0.25) is 0 Å². The maximum Gasteiger partial charge on any atom is 0.416 e. The van der Waals surface area contributed by atoms with Crippen molar-refractivity contribution in [3.8, 4) is 0 Å². The Kier molecular flexibility index (Phi) is 5.42. The van der Waals surface area contributed by atoms with Gasteiger partial charge < -0.3 is 5.32 Å². The fourth-order valence-electron chi connectivity index (χ4n) is 3.27. The van der Waals surface area contributed by atoms with Gasteiger partial charge in [0, 0.05) is 18.4 Å². The number of fused-ring (bicyclic) bond motifs is 1. The minimum absolute atomic E-state index is 0.190. The van der Waals surface area contributed by atoms with E-state index in [9.17, 15) is 21.6 Å². The third-order valence-electron chi connectivity index (χ3n) is 4.79. The number of nitrogens with one attached hydrogen (secondary N) is 1. The van der Waals surface area contributed by atoms with E-state index in [1.54, 1.807) is 29.1 Å². The molecule has 4 rings (SSSR count). The second-order valence-electron chi connectivity index (χ2n) is 7.06. The van der Waals surface area contributed by atoms with E-state index >= 15 is 0 Å². The molecular formula is C20H16BrF3N4O2S. The maximum atomic E-state index is 13.2. The molecule has 0 radical (unpaired) electrons. The highest BCUT2D eigenvalue weighted by Crippen LogP contribution is 2.36. The molecule has 0 saturated carbocycles. The first-order chi connectivity index (χ1) is 14.5. The number of hydrogen-bond acceptors (Lipinski definition) is 5. The summed E-state index contributed by atoms with van der Waals surface area (Å²) in [5.41, 5.74) is 0.741. The van der Waals surface area contributed by atoms with E-state index < -0.39 is 27.7 Å². The molecule has 2 aromatic carbocycles. The van der Waals surface area contributed by atoms with Gasteiger partial charge in [-0.2, -0.15) is 18.3 Å². The Balaban J connectivity index is 1.68. The van der Waals surface area contributed by atoms with Crippen LogP contribution in [-0.2, 0) is 16.0 Å². The Morgan fingerprint density at radius 3 is 2.52 bits per heavy atom. The van der Waals surface area contributed by atoms with Gasteiger partial charge in [0.2, 0.25) is 0 Å². The number of benzene rings is 2. The van der Waals surface area contributed by atoms with Gasteiger partial charge in [-0.15, -0.1) is 0 Å². The minimum Gasteiger partial charge on any atom is -0.363 e. The molecule has 2 heterocycles. The normalized spacial score (nSPS) is 16.5. The van der Waals surface area contributed by atoms with Crippen molar-refractivity contribution in [3.05, 3.63) is 70.3 Å². The first kappa shape index (κ1) is 21.6. The number of sulfone groups is 1. The molecule has 31 heavy (non-hydrogen) atoms. The summed E-state index contributed by atoms with van der Waals surface area (Å²) in [7, 11) is -3.32. The Hall–Kier alpha value is -2.66. The predicted molar refractivity (Wildman–Crippen MR) is 114 cm³/mol. The zero-order valence-corrected chi connectivity index (χ0v) is 18.5. The lowest BCUT2D eigenvalue weighted by atomic mass is 10.0. The summed E-state index contributed by atoms with van der Waals surface area (Å²) in [6.07, 6.45) is -1.92. The van der Waals surface area contributed by atoms with Crippen LogP contribution >= 0.6 is 15.9 Å². The topological polar surface area (TPSA) is 76.3 Å². The van der Waals surface area contributed by atoms with Crippen LogP contribution in [0.3, 0.4) is 0 Å². The molecule has 1 unspecified atom stereocenters. The monoisotopic (exact) mass is 512 g/mol. The molecule has 0 amide bonds. The van der Waals surface area contributed by atoms with E-state index in [0.717, 1.165) is 18.4 Å². The highest BCUT2D eigenvalue weighted by molar-refractivity contribution is 9.10. The fraction of sp³-hybridized carbons (Fsp3) is 0.200. The lowest BCUT2D eigenvalue weighted by molar-refractivity contribution is -0.137. The molecule has 6 nitrogen and oxygen atoms in total. The van der Waals surface area contributed by atoms with Crippen molar-refractivity contribution in [2.75, 3.05) is 11.6 Å². The van der Waals surface area contributed by atoms with Gasteiger partial charge in [0.25, 0.3) is 0 Å². The number of anilines is 1. The molecule has 0 saturated heterocycles. The number of aliphatic imine (C=N–C) groups is 1. The van der Waals surface area contributed by atoms with Crippen molar-refractivity contribution in [2.45, 2.75) is 23.7 Å². The fourth-order valence-corrected chi connectivity index (χ4v) is 4.26. The smallest absolute Gasteiger partial charge is 0.363 e. The lowest BCUT2D eigenvalue weighted by Gasteiger charge is -2.26. The Bertz CT molecular complexity index is 1270. The number of alkyl halides is 3. The number of hydrogen-bond donors (Lipinski definition) is 1. The van der Waals surface area contributed by atoms with E-state index in [1.807, 2.05) is 0 Å². The second-order valence-corrected chi connectivity index (χ2v) is 9.93. The summed E-state index contributed by atoms with van der Waals surface area (Å²) in [4.78, 5) is 4.71. The van der Waals surface area contributed by atoms with Gasteiger partial charge in [-0.1, -0.05) is 12.1 Å². The second kappa shape index (κ2) is 7.79. The first-order valence-corrected chi connectivity index (χ1v) is 11.8. The lowest BCUT2D eigenvalue weighted by Crippen LogP contribution is -2.26.